The van der Waals surface area contributed by atoms with Gasteiger partial charge in [-0.1, -0.05) is 55.8 Å². The van der Waals surface area contributed by atoms with Crippen molar-refractivity contribution in [3.8, 4) is 5.75 Å². The van der Waals surface area contributed by atoms with Crippen molar-refractivity contribution >= 4 is 23.5 Å². The van der Waals surface area contributed by atoms with Gasteiger partial charge in [-0.3, -0.25) is 9.69 Å². The summed E-state index contributed by atoms with van der Waals surface area (Å²) >= 11 is 6.22. The summed E-state index contributed by atoms with van der Waals surface area (Å²) in [6, 6.07) is 12.2. The number of ether oxygens (including phenoxy) is 1. The number of imide groups is 1. The maximum absolute atomic E-state index is 12.9. The van der Waals surface area contributed by atoms with Crippen LogP contribution in [0.15, 0.2) is 42.5 Å². The van der Waals surface area contributed by atoms with Crippen LogP contribution >= 0.6 is 11.6 Å². The molecule has 0 bridgehead atoms. The number of urea groups is 1. The highest BCUT2D eigenvalue weighted by Gasteiger charge is 2.49. The summed E-state index contributed by atoms with van der Waals surface area (Å²) in [4.78, 5) is 26.4. The Morgan fingerprint density at radius 1 is 1.20 bits per heavy atom. The fourth-order valence-corrected chi connectivity index (χ4v) is 3.70. The predicted octanol–water partition coefficient (Wildman–Crippen LogP) is 3.98. The number of rotatable bonds is 7. The molecule has 0 radical (unpaired) electrons. The number of nitrogens with one attached hydrogen (secondary N) is 1. The lowest BCUT2D eigenvalue weighted by molar-refractivity contribution is -0.132. The minimum atomic E-state index is -1.16. The molecule has 0 aliphatic carbocycles. The second-order valence-electron chi connectivity index (χ2n) is 8.10. The first-order valence-corrected chi connectivity index (χ1v) is 10.3. The molecule has 2 aromatic rings. The first kappa shape index (κ1) is 22.1. The average molecular weight is 431 g/mol. The molecule has 1 aliphatic heterocycles. The van der Waals surface area contributed by atoms with Crippen LogP contribution in [0.25, 0.3) is 0 Å². The summed E-state index contributed by atoms with van der Waals surface area (Å²) in [5.74, 6) is 0.424. The van der Waals surface area contributed by atoms with Crippen LogP contribution in [-0.2, 0) is 10.3 Å². The van der Waals surface area contributed by atoms with E-state index in [1.54, 1.807) is 19.1 Å². The smallest absolute Gasteiger partial charge is 0.325 e. The number of β-amino-alcohol motifs (C(OH)–C–C–N with tert-alkyl or cyclic N) is 1. The van der Waals surface area contributed by atoms with Crippen LogP contribution in [0.4, 0.5) is 4.79 Å². The topological polar surface area (TPSA) is 78.9 Å². The van der Waals surface area contributed by atoms with E-state index >= 15 is 0 Å². The van der Waals surface area contributed by atoms with Gasteiger partial charge in [0, 0.05) is 5.02 Å². The van der Waals surface area contributed by atoms with Crippen LogP contribution < -0.4 is 10.1 Å². The average Bonchev–Trinajstić information content (AvgIpc) is 2.93. The quantitative estimate of drug-likeness (QED) is 0.651. The molecule has 1 saturated heterocycles. The minimum absolute atomic E-state index is 0.0557. The van der Waals surface area contributed by atoms with Crippen molar-refractivity contribution in [3.63, 3.8) is 0 Å². The van der Waals surface area contributed by atoms with Gasteiger partial charge >= 0.3 is 6.03 Å². The van der Waals surface area contributed by atoms with Crippen molar-refractivity contribution in [3.05, 3.63) is 64.2 Å². The number of hydrogen-bond donors (Lipinski definition) is 2. The van der Waals surface area contributed by atoms with Crippen molar-refractivity contribution < 1.29 is 19.4 Å². The van der Waals surface area contributed by atoms with Crippen LogP contribution in [0.2, 0.25) is 5.02 Å². The fraction of sp³-hybridized carbons (Fsp3) is 0.391. The number of carbonyl (C=O) groups excluding carboxylic acids is 2. The maximum Gasteiger partial charge on any atom is 0.325 e. The zero-order chi connectivity index (χ0) is 22.1. The molecule has 1 aliphatic rings. The first-order valence-electron chi connectivity index (χ1n) is 9.94. The normalized spacial score (nSPS) is 19.9. The zero-order valence-electron chi connectivity index (χ0n) is 17.6. The van der Waals surface area contributed by atoms with Crippen LogP contribution in [-0.4, -0.2) is 41.2 Å². The molecule has 6 nitrogen and oxygen atoms in total. The van der Waals surface area contributed by atoms with Gasteiger partial charge in [-0.05, 0) is 48.6 Å². The van der Waals surface area contributed by atoms with E-state index in [9.17, 15) is 14.7 Å². The Bertz CT molecular complexity index is 948. The number of aliphatic hydroxyl groups excluding tert-OH is 1. The Balaban J connectivity index is 1.69. The maximum atomic E-state index is 12.9. The van der Waals surface area contributed by atoms with E-state index in [-0.39, 0.29) is 19.1 Å². The first-order chi connectivity index (χ1) is 14.1. The predicted molar refractivity (Wildman–Crippen MR) is 116 cm³/mol. The molecule has 1 heterocycles. The van der Waals surface area contributed by atoms with E-state index in [0.717, 1.165) is 16.0 Å². The molecule has 1 fully saturated rings. The molecule has 2 aromatic carbocycles. The lowest BCUT2D eigenvalue weighted by Gasteiger charge is -2.23. The van der Waals surface area contributed by atoms with E-state index in [1.165, 1.54) is 0 Å². The Kier molecular flexibility index (Phi) is 6.38. The third kappa shape index (κ3) is 4.30. The Morgan fingerprint density at radius 3 is 2.50 bits per heavy atom. The molecular weight excluding hydrogens is 404 g/mol. The van der Waals surface area contributed by atoms with Gasteiger partial charge in [0.1, 0.15) is 24.0 Å². The molecule has 0 saturated carbocycles. The van der Waals surface area contributed by atoms with Gasteiger partial charge in [0.2, 0.25) is 0 Å². The van der Waals surface area contributed by atoms with E-state index in [0.29, 0.717) is 16.3 Å². The lowest BCUT2D eigenvalue weighted by atomic mass is 9.92. The third-order valence-electron chi connectivity index (χ3n) is 5.36. The lowest BCUT2D eigenvalue weighted by Crippen LogP contribution is -2.42. The summed E-state index contributed by atoms with van der Waals surface area (Å²) in [5.41, 5.74) is 1.34. The summed E-state index contributed by atoms with van der Waals surface area (Å²) < 4.78 is 5.84. The van der Waals surface area contributed by atoms with Crippen molar-refractivity contribution in [2.45, 2.75) is 45.3 Å². The molecule has 0 spiro atoms. The molecule has 0 aromatic heterocycles. The molecular formula is C23H27ClN2O4. The highest BCUT2D eigenvalue weighted by Crippen LogP contribution is 2.32. The third-order valence-corrected chi connectivity index (χ3v) is 5.77. The molecule has 3 amide bonds. The molecule has 160 valence electrons. The second kappa shape index (κ2) is 8.66. The number of nitrogens with zero attached hydrogens (tertiary/aromatic N) is 1. The van der Waals surface area contributed by atoms with Gasteiger partial charge in [0.25, 0.3) is 5.91 Å². The number of amides is 3. The van der Waals surface area contributed by atoms with Gasteiger partial charge < -0.3 is 15.2 Å². The van der Waals surface area contributed by atoms with Crippen LogP contribution in [0.5, 0.6) is 5.75 Å². The number of aliphatic hydroxyl groups is 1. The largest absolute Gasteiger partial charge is 0.491 e. The number of halogens is 1. The van der Waals surface area contributed by atoms with Crippen LogP contribution in [0, 0.1) is 6.92 Å². The van der Waals surface area contributed by atoms with Crippen molar-refractivity contribution in [2.24, 2.45) is 0 Å². The molecule has 2 N–H and O–H groups in total. The Morgan fingerprint density at radius 2 is 1.87 bits per heavy atom. The van der Waals surface area contributed by atoms with E-state index in [2.05, 4.69) is 5.32 Å². The van der Waals surface area contributed by atoms with Crippen molar-refractivity contribution in [1.82, 2.24) is 10.2 Å². The highest BCUT2D eigenvalue weighted by molar-refractivity contribution is 6.31. The summed E-state index contributed by atoms with van der Waals surface area (Å²) in [5, 5.41) is 13.9. The summed E-state index contributed by atoms with van der Waals surface area (Å²) in [7, 11) is 0. The number of hydrogen-bond acceptors (Lipinski definition) is 4. The molecule has 30 heavy (non-hydrogen) atoms. The Labute approximate surface area is 181 Å². The number of benzene rings is 2. The van der Waals surface area contributed by atoms with E-state index in [4.69, 9.17) is 16.3 Å². The van der Waals surface area contributed by atoms with Gasteiger partial charge in [0.05, 0.1) is 6.54 Å². The van der Waals surface area contributed by atoms with Crippen LogP contribution in [0.1, 0.15) is 43.4 Å². The van der Waals surface area contributed by atoms with E-state index < -0.39 is 23.6 Å². The molecule has 2 unspecified atom stereocenters. The fourth-order valence-electron chi connectivity index (χ4n) is 3.53. The van der Waals surface area contributed by atoms with Crippen molar-refractivity contribution in [2.75, 3.05) is 13.2 Å². The van der Waals surface area contributed by atoms with Gasteiger partial charge in [-0.2, -0.15) is 0 Å². The second-order valence-corrected chi connectivity index (χ2v) is 8.50. The van der Waals surface area contributed by atoms with Crippen molar-refractivity contribution in [1.29, 1.82) is 0 Å². The van der Waals surface area contributed by atoms with E-state index in [1.807, 2.05) is 51.1 Å². The number of carbonyl (C=O) groups is 2. The molecule has 2 atom stereocenters. The zero-order valence-corrected chi connectivity index (χ0v) is 18.4. The highest BCUT2D eigenvalue weighted by atomic mass is 35.5. The standard InChI is InChI=1S/C23H27ClN2O4/c1-14(2)18-11-19(24)15(3)10-20(18)30-13-17(27)12-26-21(28)23(4,25-22(26)29)16-8-6-5-7-9-16/h5-11,14,17,27H,12-13H2,1-4H3,(H,25,29). The Hall–Kier alpha value is -2.57. The minimum Gasteiger partial charge on any atom is -0.491 e. The molecule has 3 rings (SSSR count). The van der Waals surface area contributed by atoms with Crippen LogP contribution in [0.3, 0.4) is 0 Å². The monoisotopic (exact) mass is 430 g/mol. The SMILES string of the molecule is Cc1cc(OCC(O)CN2C(=O)NC(C)(c3ccccc3)C2=O)c(C(C)C)cc1Cl. The number of aryl methyl sites for hydroxylation is 1. The van der Waals surface area contributed by atoms with Gasteiger partial charge in [-0.25, -0.2) is 4.79 Å². The van der Waals surface area contributed by atoms with Gasteiger partial charge in [0.15, 0.2) is 0 Å². The summed E-state index contributed by atoms with van der Waals surface area (Å²) in [6.45, 7) is 7.39. The molecule has 7 heteroatoms. The summed E-state index contributed by atoms with van der Waals surface area (Å²) in [6.07, 6.45) is -1.03. The van der Waals surface area contributed by atoms with Gasteiger partial charge in [-0.15, -0.1) is 0 Å².